The number of amides is 2. The number of amidine groups is 1. The minimum Gasteiger partial charge on any atom is -0.494 e. The second kappa shape index (κ2) is 9.66. The Labute approximate surface area is 153 Å². The molecule has 0 radical (unpaired) electrons. The van der Waals surface area contributed by atoms with Crippen LogP contribution in [0.4, 0.5) is 5.69 Å². The zero-order valence-corrected chi connectivity index (χ0v) is 14.9. The first kappa shape index (κ1) is 19.6. The molecule has 0 bridgehead atoms. The summed E-state index contributed by atoms with van der Waals surface area (Å²) in [5.41, 5.74) is 0.621. The van der Waals surface area contributed by atoms with Crippen LogP contribution in [0.3, 0.4) is 0 Å². The zero-order valence-electron chi connectivity index (χ0n) is 14.0. The van der Waals surface area contributed by atoms with Crippen LogP contribution in [0.5, 0.6) is 5.75 Å². The first-order valence-corrected chi connectivity index (χ1v) is 8.87. The number of aliphatic carboxylic acids is 1. The van der Waals surface area contributed by atoms with E-state index in [9.17, 15) is 14.4 Å². The lowest BCUT2D eigenvalue weighted by molar-refractivity contribution is -0.137. The highest BCUT2D eigenvalue weighted by molar-refractivity contribution is 8.14. The molecule has 1 aliphatic heterocycles. The van der Waals surface area contributed by atoms with Crippen molar-refractivity contribution in [2.45, 2.75) is 25.8 Å². The monoisotopic (exact) mass is 378 g/mol. The fourth-order valence-corrected chi connectivity index (χ4v) is 2.58. The summed E-state index contributed by atoms with van der Waals surface area (Å²) < 4.78 is 5.32. The Balaban J connectivity index is 1.78. The van der Waals surface area contributed by atoms with Crippen molar-refractivity contribution in [1.82, 2.24) is 0 Å². The number of benzene rings is 1. The molecule has 0 saturated heterocycles. The lowest BCUT2D eigenvalue weighted by Gasteiger charge is -2.11. The number of ether oxygens (including phenoxy) is 1. The summed E-state index contributed by atoms with van der Waals surface area (Å²) in [7, 11) is 0. The van der Waals surface area contributed by atoms with Gasteiger partial charge in [0.1, 0.15) is 5.75 Å². The first-order chi connectivity index (χ1) is 12.5. The minimum absolute atomic E-state index is 0.0120. The van der Waals surface area contributed by atoms with E-state index in [1.165, 1.54) is 0 Å². The molecule has 2 amide bonds. The Morgan fingerprint density at radius 2 is 2.04 bits per heavy atom. The van der Waals surface area contributed by atoms with Crippen LogP contribution in [0.25, 0.3) is 0 Å². The van der Waals surface area contributed by atoms with Crippen LogP contribution in [0.15, 0.2) is 39.5 Å². The lowest BCUT2D eigenvalue weighted by Crippen LogP contribution is -2.22. The molecule has 2 N–H and O–H groups in total. The third-order valence-corrected chi connectivity index (χ3v) is 4.02. The van der Waals surface area contributed by atoms with Gasteiger partial charge in [-0.05, 0) is 37.6 Å². The highest BCUT2D eigenvalue weighted by Gasteiger charge is 2.23. The van der Waals surface area contributed by atoms with E-state index in [0.717, 1.165) is 11.8 Å². The molecule has 1 heterocycles. The van der Waals surface area contributed by atoms with Crippen LogP contribution < -0.4 is 10.1 Å². The van der Waals surface area contributed by atoms with E-state index in [4.69, 9.17) is 9.84 Å². The van der Waals surface area contributed by atoms with Gasteiger partial charge in [0.15, 0.2) is 6.04 Å². The first-order valence-electron chi connectivity index (χ1n) is 7.88. The van der Waals surface area contributed by atoms with E-state index < -0.39 is 17.9 Å². The quantitative estimate of drug-likeness (QED) is 0.714. The van der Waals surface area contributed by atoms with E-state index in [-0.39, 0.29) is 29.7 Å². The van der Waals surface area contributed by atoms with E-state index in [1.807, 2.05) is 6.92 Å². The number of nitrogens with one attached hydrogen (secondary N) is 1. The van der Waals surface area contributed by atoms with Crippen LogP contribution in [-0.4, -0.2) is 46.5 Å². The topological polar surface area (TPSA) is 130 Å². The number of anilines is 1. The number of hydrogen-bond acceptors (Lipinski definition) is 7. The van der Waals surface area contributed by atoms with Crippen LogP contribution in [0, 0.1) is 0 Å². The van der Waals surface area contributed by atoms with Gasteiger partial charge < -0.3 is 15.2 Å². The van der Waals surface area contributed by atoms with Gasteiger partial charge in [-0.3, -0.25) is 14.4 Å². The smallest absolute Gasteiger partial charge is 0.303 e. The molecular weight excluding hydrogens is 360 g/mol. The Kier molecular flexibility index (Phi) is 7.27. The predicted molar refractivity (Wildman–Crippen MR) is 96.7 cm³/mol. The maximum absolute atomic E-state index is 11.9. The normalized spacial score (nSPS) is 16.1. The largest absolute Gasteiger partial charge is 0.494 e. The van der Waals surface area contributed by atoms with Gasteiger partial charge in [-0.25, -0.2) is 0 Å². The summed E-state index contributed by atoms with van der Waals surface area (Å²) >= 11 is 0.982. The number of carboxylic acid groups (broad SMARTS) is 1. The summed E-state index contributed by atoms with van der Waals surface area (Å²) in [4.78, 5) is 38.0. The maximum atomic E-state index is 11.9. The molecule has 0 fully saturated rings. The Morgan fingerprint density at radius 3 is 2.65 bits per heavy atom. The maximum Gasteiger partial charge on any atom is 0.303 e. The fraction of sp³-hybridized carbons (Fsp3) is 0.375. The summed E-state index contributed by atoms with van der Waals surface area (Å²) in [6, 6.07) is 6.08. The Morgan fingerprint density at radius 1 is 1.31 bits per heavy atom. The van der Waals surface area contributed by atoms with Crippen molar-refractivity contribution in [3.05, 3.63) is 24.3 Å². The highest BCUT2D eigenvalue weighted by atomic mass is 32.2. The number of nitrogens with zero attached hydrogens (tertiary/aromatic N) is 3. The van der Waals surface area contributed by atoms with Crippen molar-refractivity contribution in [3.8, 4) is 5.75 Å². The number of azo groups is 1. The van der Waals surface area contributed by atoms with Crippen molar-refractivity contribution in [2.24, 2.45) is 15.2 Å². The molecule has 1 unspecified atom stereocenters. The van der Waals surface area contributed by atoms with Crippen molar-refractivity contribution in [2.75, 3.05) is 17.7 Å². The molecule has 0 saturated carbocycles. The van der Waals surface area contributed by atoms with Crippen molar-refractivity contribution >= 4 is 40.4 Å². The molecule has 1 aromatic rings. The molecule has 1 aliphatic rings. The summed E-state index contributed by atoms with van der Waals surface area (Å²) in [5, 5.41) is 19.0. The third kappa shape index (κ3) is 6.28. The summed E-state index contributed by atoms with van der Waals surface area (Å²) in [5.74, 6) is -1.11. The van der Waals surface area contributed by atoms with Crippen LogP contribution in [0.2, 0.25) is 0 Å². The van der Waals surface area contributed by atoms with Gasteiger partial charge in [-0.1, -0.05) is 11.8 Å². The minimum atomic E-state index is -1.01. The molecule has 1 atom stereocenters. The van der Waals surface area contributed by atoms with Crippen LogP contribution in [-0.2, 0) is 14.4 Å². The standard InChI is InChI=1S/C16H18N4O5S/c1-2-25-11-5-3-10(4-6-11)17-13(21)9-26-16-18-15(24)12(19-20-16)7-8-14(22)23/h3-6,12H,2,7-9H2,1H3,(H,17,21)(H,22,23). The molecule has 0 aliphatic carbocycles. The number of thioether (sulfide) groups is 1. The molecule has 2 rings (SSSR count). The molecule has 1 aromatic carbocycles. The number of carbonyl (C=O) groups excluding carboxylic acids is 2. The van der Waals surface area contributed by atoms with E-state index >= 15 is 0 Å². The second-order valence-electron chi connectivity index (χ2n) is 5.19. The SMILES string of the molecule is CCOc1ccc(NC(=O)CSC2=NC(=O)C(CCC(=O)O)N=N2)cc1. The van der Waals surface area contributed by atoms with Crippen LogP contribution in [0.1, 0.15) is 19.8 Å². The van der Waals surface area contributed by atoms with Crippen molar-refractivity contribution in [1.29, 1.82) is 0 Å². The molecular formula is C16H18N4O5S. The Hall–Kier alpha value is -2.75. The van der Waals surface area contributed by atoms with Crippen molar-refractivity contribution in [3.63, 3.8) is 0 Å². The Bertz CT molecular complexity index is 733. The molecule has 10 heteroatoms. The molecule has 9 nitrogen and oxygen atoms in total. The number of carbonyl (C=O) groups is 3. The fourth-order valence-electron chi connectivity index (χ4n) is 1.99. The third-order valence-electron chi connectivity index (χ3n) is 3.19. The van der Waals surface area contributed by atoms with E-state index in [2.05, 4.69) is 20.5 Å². The van der Waals surface area contributed by atoms with Gasteiger partial charge in [0.25, 0.3) is 5.91 Å². The number of carboxylic acids is 1. The number of rotatable bonds is 8. The second-order valence-corrected chi connectivity index (χ2v) is 6.13. The van der Waals surface area contributed by atoms with Gasteiger partial charge in [0.05, 0.1) is 12.4 Å². The van der Waals surface area contributed by atoms with Gasteiger partial charge in [0, 0.05) is 12.1 Å². The van der Waals surface area contributed by atoms with Gasteiger partial charge in [0.2, 0.25) is 11.1 Å². The van der Waals surface area contributed by atoms with Crippen LogP contribution >= 0.6 is 11.8 Å². The van der Waals surface area contributed by atoms with Gasteiger partial charge >= 0.3 is 5.97 Å². The molecule has 26 heavy (non-hydrogen) atoms. The zero-order chi connectivity index (χ0) is 18.9. The number of aliphatic imine (C=N–C) groups is 1. The average Bonchev–Trinajstić information content (AvgIpc) is 2.61. The molecule has 0 spiro atoms. The van der Waals surface area contributed by atoms with Crippen molar-refractivity contribution < 1.29 is 24.2 Å². The van der Waals surface area contributed by atoms with E-state index in [0.29, 0.717) is 18.0 Å². The number of hydrogen-bond donors (Lipinski definition) is 2. The summed E-state index contributed by atoms with van der Waals surface area (Å²) in [6.07, 6.45) is -0.130. The molecule has 0 aromatic heterocycles. The van der Waals surface area contributed by atoms with Gasteiger partial charge in [-0.2, -0.15) is 10.1 Å². The van der Waals surface area contributed by atoms with Gasteiger partial charge in [-0.15, -0.1) is 5.11 Å². The lowest BCUT2D eigenvalue weighted by atomic mass is 10.1. The summed E-state index contributed by atoms with van der Waals surface area (Å²) in [6.45, 7) is 2.45. The predicted octanol–water partition coefficient (Wildman–Crippen LogP) is 2.34. The average molecular weight is 378 g/mol. The molecule has 138 valence electrons. The highest BCUT2D eigenvalue weighted by Crippen LogP contribution is 2.18. The van der Waals surface area contributed by atoms with E-state index in [1.54, 1.807) is 24.3 Å².